The first-order valence-electron chi connectivity index (χ1n) is 10.7. The van der Waals surface area contributed by atoms with E-state index in [9.17, 15) is 14.4 Å². The summed E-state index contributed by atoms with van der Waals surface area (Å²) in [6.45, 7) is 5.00. The van der Waals surface area contributed by atoms with Crippen molar-refractivity contribution in [3.63, 3.8) is 0 Å². The van der Waals surface area contributed by atoms with Crippen LogP contribution in [0, 0.1) is 5.92 Å². The molecule has 168 valence electrons. The van der Waals surface area contributed by atoms with Crippen molar-refractivity contribution in [2.45, 2.75) is 18.9 Å². The first-order valence-corrected chi connectivity index (χ1v) is 10.7. The van der Waals surface area contributed by atoms with Crippen LogP contribution in [0.25, 0.3) is 0 Å². The second-order valence-corrected chi connectivity index (χ2v) is 7.71. The fraction of sp³-hybridized carbons (Fsp3) is 0.320. The van der Waals surface area contributed by atoms with Gasteiger partial charge in [-0.05, 0) is 49.1 Å². The molecule has 0 unspecified atom stereocenters. The number of benzene rings is 2. The Bertz CT molecular complexity index is 953. The molecule has 32 heavy (non-hydrogen) atoms. The maximum atomic E-state index is 12.9. The summed E-state index contributed by atoms with van der Waals surface area (Å²) in [6, 6.07) is 15.2. The maximum absolute atomic E-state index is 12.9. The van der Waals surface area contributed by atoms with Gasteiger partial charge in [-0.25, -0.2) is 0 Å². The number of nitrogens with zero attached hydrogens (tertiary/aromatic N) is 1. The van der Waals surface area contributed by atoms with Crippen LogP contribution in [0.2, 0.25) is 0 Å². The van der Waals surface area contributed by atoms with Crippen LogP contribution in [0.5, 0.6) is 5.75 Å². The van der Waals surface area contributed by atoms with E-state index in [1.165, 1.54) is 7.11 Å². The molecule has 1 atom stereocenters. The van der Waals surface area contributed by atoms with Gasteiger partial charge in [0.1, 0.15) is 11.8 Å². The molecule has 2 N–H and O–H groups in total. The standard InChI is InChI=1S/C25H29N3O4/c1-3-14-26-24(30)22(27-23(29)20-10-7-11-21(17-20)32-2)18-12-15-28(16-13-18)25(31)19-8-5-4-6-9-19/h3-11,17-18,22H,1,12-16H2,2H3,(H,26,30)(H,27,29)/t22-/m0/s1. The zero-order valence-corrected chi connectivity index (χ0v) is 18.3. The highest BCUT2D eigenvalue weighted by molar-refractivity contribution is 5.98. The van der Waals surface area contributed by atoms with Crippen molar-refractivity contribution in [1.82, 2.24) is 15.5 Å². The summed E-state index contributed by atoms with van der Waals surface area (Å²) in [6.07, 6.45) is 2.83. The molecule has 0 bridgehead atoms. The van der Waals surface area contributed by atoms with Gasteiger partial charge in [0, 0.05) is 30.8 Å². The summed E-state index contributed by atoms with van der Waals surface area (Å²) >= 11 is 0. The Hall–Kier alpha value is -3.61. The number of nitrogens with one attached hydrogen (secondary N) is 2. The third-order valence-corrected chi connectivity index (χ3v) is 5.64. The van der Waals surface area contributed by atoms with Crippen LogP contribution in [-0.2, 0) is 4.79 Å². The molecule has 2 aromatic rings. The van der Waals surface area contributed by atoms with Crippen LogP contribution in [0.1, 0.15) is 33.6 Å². The topological polar surface area (TPSA) is 87.7 Å². The number of rotatable bonds is 8. The van der Waals surface area contributed by atoms with Crippen LogP contribution in [0.15, 0.2) is 67.3 Å². The van der Waals surface area contributed by atoms with E-state index in [2.05, 4.69) is 17.2 Å². The Morgan fingerprint density at radius 1 is 1.09 bits per heavy atom. The molecule has 2 aromatic carbocycles. The molecule has 1 fully saturated rings. The fourth-order valence-electron chi connectivity index (χ4n) is 3.87. The maximum Gasteiger partial charge on any atom is 0.253 e. The first-order chi connectivity index (χ1) is 15.5. The number of carbonyl (C=O) groups is 3. The van der Waals surface area contributed by atoms with Crippen molar-refractivity contribution in [2.75, 3.05) is 26.7 Å². The summed E-state index contributed by atoms with van der Waals surface area (Å²) in [4.78, 5) is 40.2. The van der Waals surface area contributed by atoms with E-state index in [1.54, 1.807) is 47.4 Å². The van der Waals surface area contributed by atoms with Crippen LogP contribution >= 0.6 is 0 Å². The zero-order valence-electron chi connectivity index (χ0n) is 18.3. The quantitative estimate of drug-likeness (QED) is 0.624. The molecule has 1 saturated heterocycles. The van der Waals surface area contributed by atoms with E-state index < -0.39 is 6.04 Å². The molecule has 1 heterocycles. The average molecular weight is 436 g/mol. The van der Waals surface area contributed by atoms with Crippen molar-refractivity contribution in [1.29, 1.82) is 0 Å². The summed E-state index contributed by atoms with van der Waals surface area (Å²) in [7, 11) is 1.53. The normalized spacial score (nSPS) is 14.8. The van der Waals surface area contributed by atoms with Gasteiger partial charge in [0.05, 0.1) is 7.11 Å². The Balaban J connectivity index is 1.69. The van der Waals surface area contributed by atoms with Gasteiger partial charge in [-0.15, -0.1) is 6.58 Å². The highest BCUT2D eigenvalue weighted by Gasteiger charge is 2.34. The van der Waals surface area contributed by atoms with Gasteiger partial charge in [0.15, 0.2) is 0 Å². The number of hydrogen-bond acceptors (Lipinski definition) is 4. The average Bonchev–Trinajstić information content (AvgIpc) is 2.86. The molecular formula is C25H29N3O4. The van der Waals surface area contributed by atoms with Crippen molar-refractivity contribution < 1.29 is 19.1 Å². The fourth-order valence-corrected chi connectivity index (χ4v) is 3.87. The van der Waals surface area contributed by atoms with E-state index in [-0.39, 0.29) is 23.6 Å². The largest absolute Gasteiger partial charge is 0.497 e. The minimum atomic E-state index is -0.706. The number of carbonyl (C=O) groups excluding carboxylic acids is 3. The Labute approximate surface area is 188 Å². The summed E-state index contributed by atoms with van der Waals surface area (Å²) in [5, 5.41) is 5.69. The Kier molecular flexibility index (Phi) is 8.02. The first kappa shape index (κ1) is 23.1. The van der Waals surface area contributed by atoms with E-state index >= 15 is 0 Å². The van der Waals surface area contributed by atoms with Gasteiger partial charge >= 0.3 is 0 Å². The predicted octanol–water partition coefficient (Wildman–Crippen LogP) is 2.65. The highest BCUT2D eigenvalue weighted by atomic mass is 16.5. The number of amides is 3. The van der Waals surface area contributed by atoms with Gasteiger partial charge in [-0.2, -0.15) is 0 Å². The van der Waals surface area contributed by atoms with Gasteiger partial charge in [0.25, 0.3) is 11.8 Å². The molecule has 7 heteroatoms. The molecule has 0 aliphatic carbocycles. The molecule has 1 aliphatic heterocycles. The summed E-state index contributed by atoms with van der Waals surface area (Å²) in [5.74, 6) is -0.135. The zero-order chi connectivity index (χ0) is 22.9. The lowest BCUT2D eigenvalue weighted by Crippen LogP contribution is -2.53. The SMILES string of the molecule is C=CCNC(=O)[C@@H](NC(=O)c1cccc(OC)c1)C1CCN(C(=O)c2ccccc2)CC1. The van der Waals surface area contributed by atoms with Crippen LogP contribution < -0.4 is 15.4 Å². The van der Waals surface area contributed by atoms with Gasteiger partial charge in [-0.1, -0.05) is 30.3 Å². The molecular weight excluding hydrogens is 406 g/mol. The molecule has 0 radical (unpaired) electrons. The third kappa shape index (κ3) is 5.75. The monoisotopic (exact) mass is 435 g/mol. The van der Waals surface area contributed by atoms with Crippen molar-refractivity contribution in [3.05, 3.63) is 78.4 Å². The molecule has 0 aromatic heterocycles. The Morgan fingerprint density at radius 2 is 1.78 bits per heavy atom. The van der Waals surface area contributed by atoms with Crippen LogP contribution in [-0.4, -0.2) is 55.4 Å². The summed E-state index contributed by atoms with van der Waals surface area (Å²) in [5.41, 5.74) is 1.07. The Morgan fingerprint density at radius 3 is 2.44 bits per heavy atom. The van der Waals surface area contributed by atoms with E-state index in [1.807, 2.05) is 18.2 Å². The second kappa shape index (κ2) is 11.1. The van der Waals surface area contributed by atoms with Crippen LogP contribution in [0.4, 0.5) is 0 Å². The summed E-state index contributed by atoms with van der Waals surface area (Å²) < 4.78 is 5.19. The van der Waals surface area contributed by atoms with Crippen molar-refractivity contribution in [3.8, 4) is 5.75 Å². The van der Waals surface area contributed by atoms with E-state index in [4.69, 9.17) is 4.74 Å². The molecule has 3 amide bonds. The highest BCUT2D eigenvalue weighted by Crippen LogP contribution is 2.23. The third-order valence-electron chi connectivity index (χ3n) is 5.64. The molecule has 0 spiro atoms. The lowest BCUT2D eigenvalue weighted by Gasteiger charge is -2.35. The second-order valence-electron chi connectivity index (χ2n) is 7.71. The van der Waals surface area contributed by atoms with E-state index in [0.717, 1.165) is 0 Å². The molecule has 1 aliphatic rings. The number of ether oxygens (including phenoxy) is 1. The van der Waals surface area contributed by atoms with Gasteiger partial charge < -0.3 is 20.3 Å². The number of likely N-dealkylation sites (tertiary alicyclic amines) is 1. The molecule has 7 nitrogen and oxygen atoms in total. The van der Waals surface area contributed by atoms with Crippen molar-refractivity contribution in [2.24, 2.45) is 5.92 Å². The van der Waals surface area contributed by atoms with Gasteiger partial charge in [-0.3, -0.25) is 14.4 Å². The molecule has 0 saturated carbocycles. The minimum Gasteiger partial charge on any atom is -0.497 e. The predicted molar refractivity (Wildman–Crippen MR) is 123 cm³/mol. The number of methoxy groups -OCH3 is 1. The van der Waals surface area contributed by atoms with E-state index in [0.29, 0.717) is 49.4 Å². The smallest absolute Gasteiger partial charge is 0.253 e. The lowest BCUT2D eigenvalue weighted by molar-refractivity contribution is -0.124. The van der Waals surface area contributed by atoms with Gasteiger partial charge in [0.2, 0.25) is 5.91 Å². The lowest BCUT2D eigenvalue weighted by atomic mass is 9.88. The minimum absolute atomic E-state index is 0.0166. The number of piperidine rings is 1. The van der Waals surface area contributed by atoms with Crippen LogP contribution in [0.3, 0.4) is 0 Å². The number of hydrogen-bond donors (Lipinski definition) is 2. The van der Waals surface area contributed by atoms with Crippen molar-refractivity contribution >= 4 is 17.7 Å². The molecule has 3 rings (SSSR count).